The van der Waals surface area contributed by atoms with Gasteiger partial charge in [0.2, 0.25) is 0 Å². The molecule has 0 fully saturated rings. The van der Waals surface area contributed by atoms with Crippen molar-refractivity contribution in [2.45, 2.75) is 0 Å². The molecule has 0 saturated carbocycles. The van der Waals surface area contributed by atoms with Gasteiger partial charge in [-0.05, 0) is 0 Å². The molecule has 1 unspecified atom stereocenters. The van der Waals surface area contributed by atoms with E-state index in [0.717, 1.165) is 0 Å². The van der Waals surface area contributed by atoms with Crippen LogP contribution in [0, 0.1) is 0 Å². The molecule has 2 nitrogen and oxygen atoms in total. The number of hydrogen-bond acceptors (Lipinski definition) is 1. The van der Waals surface area contributed by atoms with Crippen LogP contribution in [0.5, 0.6) is 0 Å². The van der Waals surface area contributed by atoms with Gasteiger partial charge in [-0.2, -0.15) is 9.90 Å². The van der Waals surface area contributed by atoms with E-state index in [4.69, 9.17) is 9.90 Å². The van der Waals surface area contributed by atoms with Crippen LogP contribution in [0.2, 0.25) is 0 Å². The van der Waals surface area contributed by atoms with Crippen molar-refractivity contribution in [1.29, 1.82) is 0 Å². The van der Waals surface area contributed by atoms with E-state index in [0.29, 0.717) is 6.47 Å². The van der Waals surface area contributed by atoms with Crippen molar-refractivity contribution in [3.8, 4) is 0 Å². The topological polar surface area (TPSA) is 37.3 Å². The summed E-state index contributed by atoms with van der Waals surface area (Å²) in [5, 5.41) is 6.76. The fourth-order valence-corrected chi connectivity index (χ4v) is 0. The second-order valence-electron chi connectivity index (χ2n) is 0.0913. The summed E-state index contributed by atoms with van der Waals surface area (Å²) in [5.41, 5.74) is 0. The zero-order chi connectivity index (χ0) is 2.71. The first kappa shape index (κ1) is 16.8. The fraction of sp³-hybridized carbons (Fsp3) is 0. The van der Waals surface area contributed by atoms with Gasteiger partial charge in [0.25, 0.3) is 0 Å². The maximum Gasteiger partial charge on any atom is 1.00 e. The monoisotopic (exact) mass is 102 g/mol. The molecule has 0 heterocycles. The molecule has 0 radical (unpaired) electrons. The molecule has 0 aliphatic heterocycles. The van der Waals surface area contributed by atoms with Crippen molar-refractivity contribution in [2.75, 3.05) is 0 Å². The van der Waals surface area contributed by atoms with Crippen LogP contribution in [0.4, 0.5) is 0 Å². The standard InChI is InChI=1S/CHO2.Na.H3P/c2-1-3;;/h(H,2,3);;1H3/q-1;+1;. The van der Waals surface area contributed by atoms with Gasteiger partial charge in [-0.25, -0.2) is 0 Å². The molecular formula is CH4NaO2P. The summed E-state index contributed by atoms with van der Waals surface area (Å²) in [6, 6.07) is 0. The Morgan fingerprint density at radius 3 is 1.60 bits per heavy atom. The number of rotatable bonds is 0. The van der Waals surface area contributed by atoms with Gasteiger partial charge in [0.15, 0.2) is 0 Å². The van der Waals surface area contributed by atoms with Crippen molar-refractivity contribution in [3.63, 3.8) is 0 Å². The average Bonchev–Trinajstić information content (AvgIpc) is 0.918. The minimum absolute atomic E-state index is 0. The molecule has 5 heavy (non-hydrogen) atoms. The summed E-state index contributed by atoms with van der Waals surface area (Å²) in [6.07, 6.45) is 0. The van der Waals surface area contributed by atoms with E-state index in [9.17, 15) is 0 Å². The zero-order valence-electron chi connectivity index (χ0n) is 3.06. The van der Waals surface area contributed by atoms with Crippen molar-refractivity contribution in [3.05, 3.63) is 0 Å². The normalized spacial score (nSPS) is 2.40. The molecule has 1 atom stereocenters. The first-order valence-electron chi connectivity index (χ1n) is 0.428. The van der Waals surface area contributed by atoms with Crippen molar-refractivity contribution < 1.29 is 39.5 Å². The predicted octanol–water partition coefficient (Wildman–Crippen LogP) is -3.33. The van der Waals surface area contributed by atoms with E-state index in [2.05, 4.69) is 0 Å². The summed E-state index contributed by atoms with van der Waals surface area (Å²) in [6.45, 7) is 0.500. The van der Waals surface area contributed by atoms with Gasteiger partial charge in [-0.15, -0.1) is 0 Å². The Morgan fingerprint density at radius 1 is 1.60 bits per heavy atom. The number of hydrogen-bond donors (Lipinski definition) is 1. The van der Waals surface area contributed by atoms with Crippen LogP contribution in [-0.4, -0.2) is 11.6 Å². The zero-order valence-corrected chi connectivity index (χ0v) is 6.48. The minimum Gasteiger partial charge on any atom is -0.665 e. The molecule has 0 spiro atoms. The third-order valence-corrected chi connectivity index (χ3v) is 0. The minimum atomic E-state index is 0. The summed E-state index contributed by atoms with van der Waals surface area (Å²) < 4.78 is 0. The first-order valence-corrected chi connectivity index (χ1v) is 0.428. The molecule has 0 saturated heterocycles. The SMILES string of the molecule is O=[C-]O.P.[Na+]. The molecule has 0 amide bonds. The third kappa shape index (κ3) is 50.9. The molecule has 0 aliphatic rings. The Hall–Kier alpha value is 0.900. The summed E-state index contributed by atoms with van der Waals surface area (Å²) in [5.74, 6) is 0. The quantitative estimate of drug-likeness (QED) is 0.197. The van der Waals surface area contributed by atoms with Gasteiger partial charge in [0.1, 0.15) is 0 Å². The van der Waals surface area contributed by atoms with Crippen molar-refractivity contribution >= 4 is 16.4 Å². The van der Waals surface area contributed by atoms with Gasteiger partial charge >= 0.3 is 29.6 Å². The van der Waals surface area contributed by atoms with Crippen LogP contribution in [0.25, 0.3) is 0 Å². The first-order chi connectivity index (χ1) is 1.41. The smallest absolute Gasteiger partial charge is 0.665 e. The van der Waals surface area contributed by atoms with E-state index >= 15 is 0 Å². The molecule has 0 aromatic rings. The van der Waals surface area contributed by atoms with Crippen molar-refractivity contribution in [1.82, 2.24) is 0 Å². The van der Waals surface area contributed by atoms with E-state index in [1.807, 2.05) is 0 Å². The van der Waals surface area contributed by atoms with E-state index in [1.165, 1.54) is 0 Å². The summed E-state index contributed by atoms with van der Waals surface area (Å²) in [4.78, 5) is 8.24. The molecule has 1 N–H and O–H groups in total. The predicted molar refractivity (Wildman–Crippen MR) is 19.4 cm³/mol. The Balaban J connectivity index is -0.0000000200. The molecule has 0 aromatic carbocycles. The molecule has 26 valence electrons. The van der Waals surface area contributed by atoms with Gasteiger partial charge in [0.05, 0.1) is 0 Å². The molecule has 0 rings (SSSR count). The Kier molecular flexibility index (Phi) is 69.5. The van der Waals surface area contributed by atoms with Crippen LogP contribution < -0.4 is 29.6 Å². The summed E-state index contributed by atoms with van der Waals surface area (Å²) >= 11 is 0. The molecular weight excluding hydrogens is 98.0 g/mol. The largest absolute Gasteiger partial charge is 1.00 e. The van der Waals surface area contributed by atoms with Crippen LogP contribution in [0.15, 0.2) is 0 Å². The second kappa shape index (κ2) is 20.6. The van der Waals surface area contributed by atoms with E-state index in [1.54, 1.807) is 0 Å². The Labute approximate surface area is 55.9 Å². The van der Waals surface area contributed by atoms with Crippen LogP contribution in [0.3, 0.4) is 0 Å². The average molecular weight is 102 g/mol. The third-order valence-electron chi connectivity index (χ3n) is 0. The van der Waals surface area contributed by atoms with Crippen molar-refractivity contribution in [2.24, 2.45) is 0 Å². The summed E-state index contributed by atoms with van der Waals surface area (Å²) in [7, 11) is 0. The maximum atomic E-state index is 8.24. The molecule has 0 aliphatic carbocycles. The van der Waals surface area contributed by atoms with Gasteiger partial charge in [-0.1, -0.05) is 6.47 Å². The van der Waals surface area contributed by atoms with Crippen LogP contribution in [0.1, 0.15) is 0 Å². The number of aliphatic hydroxyl groups excluding tert-OH is 1. The van der Waals surface area contributed by atoms with Gasteiger partial charge < -0.3 is 9.90 Å². The Morgan fingerprint density at radius 2 is 1.60 bits per heavy atom. The molecule has 4 heteroatoms. The van der Waals surface area contributed by atoms with Gasteiger partial charge in [-0.3, -0.25) is 0 Å². The van der Waals surface area contributed by atoms with Crippen LogP contribution >= 0.6 is 9.90 Å². The van der Waals surface area contributed by atoms with Gasteiger partial charge in [0, 0.05) is 0 Å². The van der Waals surface area contributed by atoms with Crippen LogP contribution in [-0.2, 0) is 4.79 Å². The van der Waals surface area contributed by atoms with E-state index in [-0.39, 0.29) is 39.5 Å². The van der Waals surface area contributed by atoms with E-state index < -0.39 is 0 Å². The Bertz CT molecular complexity index is 17.1. The fourth-order valence-electron chi connectivity index (χ4n) is 0. The second-order valence-corrected chi connectivity index (χ2v) is 0.0913. The molecule has 0 bridgehead atoms. The maximum absolute atomic E-state index is 8.24. The molecule has 0 aromatic heterocycles.